The summed E-state index contributed by atoms with van der Waals surface area (Å²) < 4.78 is 59.6. The Hall–Kier alpha value is -3.80. The van der Waals surface area contributed by atoms with Gasteiger partial charge in [-0.1, -0.05) is 0 Å². The molecule has 1 N–H and O–H groups in total. The number of benzene rings is 1. The standard InChI is InChI=1S/C29H32F4N6O2/c1-3-41-26-21(5-4-13-34-26)23-7-9-25(37-36-23)28(27(40)35-20-10-14-38(2)18-20)11-15-39(16-12-28)24-8-6-19(17-22(24)30)29(31,32)33/h4-9,13,17,20H,3,10-12,14-16,18H2,1-2H3,(H,35,40)/t20-/m0/s1. The summed E-state index contributed by atoms with van der Waals surface area (Å²) in [5.41, 5.74) is -0.299. The number of carbonyl (C=O) groups is 1. The average Bonchev–Trinajstić information content (AvgIpc) is 3.37. The summed E-state index contributed by atoms with van der Waals surface area (Å²) in [7, 11) is 2.00. The Kier molecular flexibility index (Phi) is 8.12. The van der Waals surface area contributed by atoms with E-state index in [0.717, 1.165) is 31.6 Å². The molecule has 5 rings (SSSR count). The van der Waals surface area contributed by atoms with Crippen LogP contribution in [0.4, 0.5) is 23.2 Å². The number of pyridine rings is 1. The van der Waals surface area contributed by atoms with Crippen LogP contribution in [-0.4, -0.2) is 71.9 Å². The highest BCUT2D eigenvalue weighted by Gasteiger charge is 2.46. The molecular formula is C29H32F4N6O2. The van der Waals surface area contributed by atoms with Crippen molar-refractivity contribution in [1.29, 1.82) is 0 Å². The summed E-state index contributed by atoms with van der Waals surface area (Å²) in [5, 5.41) is 12.1. The van der Waals surface area contributed by atoms with Crippen LogP contribution < -0.4 is 15.0 Å². The van der Waals surface area contributed by atoms with Gasteiger partial charge < -0.3 is 19.9 Å². The number of hydrogen-bond donors (Lipinski definition) is 1. The largest absolute Gasteiger partial charge is 0.477 e. The number of nitrogens with one attached hydrogen (secondary N) is 1. The molecule has 12 heteroatoms. The number of aromatic nitrogens is 3. The van der Waals surface area contributed by atoms with Gasteiger partial charge in [-0.05, 0) is 82.2 Å². The van der Waals surface area contributed by atoms with Gasteiger partial charge in [-0.3, -0.25) is 4.79 Å². The lowest BCUT2D eigenvalue weighted by molar-refractivity contribution is -0.137. The maximum atomic E-state index is 14.8. The fourth-order valence-corrected chi connectivity index (χ4v) is 5.61. The summed E-state index contributed by atoms with van der Waals surface area (Å²) in [6.45, 7) is 4.41. The Morgan fingerprint density at radius 2 is 1.90 bits per heavy atom. The van der Waals surface area contributed by atoms with Crippen molar-refractivity contribution in [2.24, 2.45) is 0 Å². The van der Waals surface area contributed by atoms with Gasteiger partial charge in [-0.15, -0.1) is 0 Å². The number of ether oxygens (including phenoxy) is 1. The van der Waals surface area contributed by atoms with Crippen molar-refractivity contribution in [3.8, 4) is 17.1 Å². The van der Waals surface area contributed by atoms with Crippen LogP contribution in [0.15, 0.2) is 48.7 Å². The van der Waals surface area contributed by atoms with Crippen LogP contribution in [-0.2, 0) is 16.4 Å². The molecule has 3 aromatic rings. The highest BCUT2D eigenvalue weighted by Crippen LogP contribution is 2.39. The monoisotopic (exact) mass is 572 g/mol. The second-order valence-corrected chi connectivity index (χ2v) is 10.5. The van der Waals surface area contributed by atoms with E-state index in [2.05, 4.69) is 25.4 Å². The normalized spacial score (nSPS) is 19.3. The van der Waals surface area contributed by atoms with Gasteiger partial charge in [0.1, 0.15) is 5.82 Å². The van der Waals surface area contributed by atoms with Crippen LogP contribution in [0.5, 0.6) is 5.88 Å². The zero-order valence-corrected chi connectivity index (χ0v) is 22.9. The second kappa shape index (κ2) is 11.6. The number of likely N-dealkylation sites (N-methyl/N-ethyl adjacent to an activating group) is 1. The molecule has 218 valence electrons. The van der Waals surface area contributed by atoms with Crippen molar-refractivity contribution < 1.29 is 27.1 Å². The number of amides is 1. The Morgan fingerprint density at radius 1 is 1.12 bits per heavy atom. The number of alkyl halides is 3. The molecule has 2 fully saturated rings. The average molecular weight is 573 g/mol. The van der Waals surface area contributed by atoms with Crippen molar-refractivity contribution in [1.82, 2.24) is 25.4 Å². The first kappa shape index (κ1) is 28.7. The Balaban J connectivity index is 1.42. The molecule has 1 aromatic carbocycles. The SMILES string of the molecule is CCOc1ncccc1-c1ccc(C2(C(=O)N[C@H]3CCN(C)C3)CCN(c3ccc(C(F)(F)F)cc3F)CC2)nn1. The molecule has 0 saturated carbocycles. The zero-order chi connectivity index (χ0) is 29.2. The predicted octanol–water partition coefficient (Wildman–Crippen LogP) is 4.45. The van der Waals surface area contributed by atoms with Gasteiger partial charge in [0, 0.05) is 31.9 Å². The van der Waals surface area contributed by atoms with Crippen LogP contribution in [0.2, 0.25) is 0 Å². The van der Waals surface area contributed by atoms with Crippen LogP contribution in [0.1, 0.15) is 37.4 Å². The summed E-state index contributed by atoms with van der Waals surface area (Å²) in [4.78, 5) is 22.0. The Labute approximate surface area is 235 Å². The van der Waals surface area contributed by atoms with E-state index in [4.69, 9.17) is 4.74 Å². The fraction of sp³-hybridized carbons (Fsp3) is 0.448. The summed E-state index contributed by atoms with van der Waals surface area (Å²) in [6, 6.07) is 9.70. The molecule has 2 aliphatic heterocycles. The molecule has 1 atom stereocenters. The number of rotatable bonds is 7. The summed E-state index contributed by atoms with van der Waals surface area (Å²) in [5.74, 6) is -0.693. The molecule has 2 aromatic heterocycles. The van der Waals surface area contributed by atoms with Crippen LogP contribution >= 0.6 is 0 Å². The van der Waals surface area contributed by atoms with E-state index in [1.165, 1.54) is 0 Å². The van der Waals surface area contributed by atoms with Gasteiger partial charge in [0.15, 0.2) is 0 Å². The van der Waals surface area contributed by atoms with E-state index in [1.807, 2.05) is 20.0 Å². The van der Waals surface area contributed by atoms with Gasteiger partial charge in [0.2, 0.25) is 11.8 Å². The maximum Gasteiger partial charge on any atom is 0.416 e. The second-order valence-electron chi connectivity index (χ2n) is 10.5. The van der Waals surface area contributed by atoms with E-state index < -0.39 is 23.0 Å². The molecule has 0 unspecified atom stereocenters. The molecule has 0 radical (unpaired) electrons. The molecule has 4 heterocycles. The minimum Gasteiger partial charge on any atom is -0.477 e. The maximum absolute atomic E-state index is 14.8. The smallest absolute Gasteiger partial charge is 0.416 e. The number of likely N-dealkylation sites (tertiary alicyclic amines) is 1. The van der Waals surface area contributed by atoms with E-state index in [-0.39, 0.29) is 43.6 Å². The fourth-order valence-electron chi connectivity index (χ4n) is 5.61. The van der Waals surface area contributed by atoms with Crippen LogP contribution in [0.25, 0.3) is 11.3 Å². The van der Waals surface area contributed by atoms with Crippen molar-refractivity contribution >= 4 is 11.6 Å². The van der Waals surface area contributed by atoms with Crippen LogP contribution in [0.3, 0.4) is 0 Å². The number of hydrogen-bond acceptors (Lipinski definition) is 7. The highest BCUT2D eigenvalue weighted by molar-refractivity contribution is 5.88. The molecule has 41 heavy (non-hydrogen) atoms. The summed E-state index contributed by atoms with van der Waals surface area (Å²) >= 11 is 0. The van der Waals surface area contributed by atoms with Gasteiger partial charge >= 0.3 is 6.18 Å². The van der Waals surface area contributed by atoms with E-state index in [0.29, 0.717) is 35.5 Å². The number of piperidine rings is 1. The summed E-state index contributed by atoms with van der Waals surface area (Å²) in [6.07, 6.45) is -1.61. The van der Waals surface area contributed by atoms with E-state index in [1.54, 1.807) is 29.3 Å². The lowest BCUT2D eigenvalue weighted by Crippen LogP contribution is -2.54. The van der Waals surface area contributed by atoms with Gasteiger partial charge in [-0.25, -0.2) is 9.37 Å². The topological polar surface area (TPSA) is 83.5 Å². The molecule has 8 nitrogen and oxygen atoms in total. The molecule has 0 spiro atoms. The first-order chi connectivity index (χ1) is 19.6. The van der Waals surface area contributed by atoms with Gasteiger partial charge in [-0.2, -0.15) is 23.4 Å². The van der Waals surface area contributed by atoms with Crippen LogP contribution in [0, 0.1) is 5.82 Å². The Bertz CT molecular complexity index is 1380. The zero-order valence-electron chi connectivity index (χ0n) is 22.9. The number of anilines is 1. The third-order valence-corrected chi connectivity index (χ3v) is 7.88. The first-order valence-electron chi connectivity index (χ1n) is 13.6. The molecule has 2 aliphatic rings. The lowest BCUT2D eigenvalue weighted by Gasteiger charge is -2.41. The van der Waals surface area contributed by atoms with Crippen molar-refractivity contribution in [3.63, 3.8) is 0 Å². The van der Waals surface area contributed by atoms with Gasteiger partial charge in [0.25, 0.3) is 0 Å². The van der Waals surface area contributed by atoms with Crippen molar-refractivity contribution in [3.05, 3.63) is 65.7 Å². The number of nitrogens with zero attached hydrogens (tertiary/aromatic N) is 5. The van der Waals surface area contributed by atoms with Gasteiger partial charge in [0.05, 0.1) is 40.2 Å². The quantitative estimate of drug-likeness (QED) is 0.419. The highest BCUT2D eigenvalue weighted by atomic mass is 19.4. The predicted molar refractivity (Wildman–Crippen MR) is 145 cm³/mol. The Morgan fingerprint density at radius 3 is 2.51 bits per heavy atom. The minimum absolute atomic E-state index is 0.00821. The molecular weight excluding hydrogens is 540 g/mol. The molecule has 0 aliphatic carbocycles. The lowest BCUT2D eigenvalue weighted by atomic mass is 9.74. The molecule has 0 bridgehead atoms. The minimum atomic E-state index is -4.63. The third kappa shape index (κ3) is 5.97. The molecule has 2 saturated heterocycles. The third-order valence-electron chi connectivity index (χ3n) is 7.88. The molecule has 1 amide bonds. The first-order valence-corrected chi connectivity index (χ1v) is 13.6. The van der Waals surface area contributed by atoms with Crippen molar-refractivity contribution in [2.75, 3.05) is 44.7 Å². The number of halogens is 4. The number of carbonyl (C=O) groups excluding carboxylic acids is 1. The van der Waals surface area contributed by atoms with E-state index in [9.17, 15) is 22.4 Å². The van der Waals surface area contributed by atoms with E-state index >= 15 is 0 Å². The van der Waals surface area contributed by atoms with Crippen molar-refractivity contribution in [2.45, 2.75) is 43.8 Å².